The first-order chi connectivity index (χ1) is 20.2. The predicted molar refractivity (Wildman–Crippen MR) is 166 cm³/mol. The minimum absolute atomic E-state index is 0.0825. The number of benzodiazepines with no additional fused rings is 1. The maximum Gasteiger partial charge on any atom is 0.407 e. The van der Waals surface area contributed by atoms with Crippen LogP contribution in [0.4, 0.5) is 10.5 Å². The lowest BCUT2D eigenvalue weighted by Crippen LogP contribution is -2.28. The Balaban J connectivity index is 0.000000168. The topological polar surface area (TPSA) is 119 Å². The molecular weight excluding hydrogens is 577 g/mol. The van der Waals surface area contributed by atoms with Crippen molar-refractivity contribution >= 4 is 57.5 Å². The molecule has 1 fully saturated rings. The predicted octanol–water partition coefficient (Wildman–Crippen LogP) is 5.02. The number of anilines is 1. The van der Waals surface area contributed by atoms with Crippen molar-refractivity contribution in [1.82, 2.24) is 15.2 Å². The number of ether oxygens (including phenoxy) is 1. The molecule has 3 aromatic carbocycles. The fourth-order valence-electron chi connectivity index (χ4n) is 4.86. The largest absolute Gasteiger partial charge is 0.447 e. The second-order valence-electron chi connectivity index (χ2n) is 10.4. The van der Waals surface area contributed by atoms with E-state index >= 15 is 0 Å². The van der Waals surface area contributed by atoms with E-state index in [4.69, 9.17) is 27.9 Å². The summed E-state index contributed by atoms with van der Waals surface area (Å²) in [6, 6.07) is 18.6. The van der Waals surface area contributed by atoms with Gasteiger partial charge in [0.15, 0.2) is 0 Å². The zero-order valence-electron chi connectivity index (χ0n) is 23.2. The van der Waals surface area contributed by atoms with Crippen molar-refractivity contribution in [2.45, 2.75) is 25.1 Å². The minimum Gasteiger partial charge on any atom is -0.447 e. The van der Waals surface area contributed by atoms with Crippen LogP contribution in [0.15, 0.2) is 71.9 Å². The van der Waals surface area contributed by atoms with E-state index in [0.717, 1.165) is 19.4 Å². The summed E-state index contributed by atoms with van der Waals surface area (Å²) in [4.78, 5) is 32.5. The Bertz CT molecular complexity index is 1650. The number of hydrogen-bond acceptors (Lipinski definition) is 6. The SMILES string of the molecule is CN(C)CCc1c[nH]c2ccc(C[C@H]3COC(=O)N3)cc12.O=C1Nc2ccc(Cl)cc2C(c2ccccc2Cl)=NC1O. The van der Waals surface area contributed by atoms with Crippen LogP contribution in [0.5, 0.6) is 0 Å². The zero-order chi connectivity index (χ0) is 29.8. The van der Waals surface area contributed by atoms with E-state index in [0.29, 0.717) is 39.2 Å². The average molecular weight is 609 g/mol. The number of aromatic amines is 1. The Morgan fingerprint density at radius 1 is 1.05 bits per heavy atom. The summed E-state index contributed by atoms with van der Waals surface area (Å²) >= 11 is 12.2. The number of aliphatic hydroxyl groups excluding tert-OH is 1. The van der Waals surface area contributed by atoms with Crippen molar-refractivity contribution in [1.29, 1.82) is 0 Å². The molecule has 1 unspecified atom stereocenters. The average Bonchev–Trinajstić information content (AvgIpc) is 3.54. The minimum atomic E-state index is -1.50. The van der Waals surface area contributed by atoms with Crippen molar-refractivity contribution in [2.24, 2.45) is 4.99 Å². The van der Waals surface area contributed by atoms with Gasteiger partial charge in [0.25, 0.3) is 5.91 Å². The maximum absolute atomic E-state index is 11.8. The van der Waals surface area contributed by atoms with Crippen molar-refractivity contribution in [2.75, 3.05) is 32.6 Å². The number of aromatic nitrogens is 1. The number of nitrogens with one attached hydrogen (secondary N) is 3. The number of H-pyrrole nitrogens is 1. The summed E-state index contributed by atoms with van der Waals surface area (Å²) in [5, 5.41) is 17.5. The number of aliphatic imine (C=N–C) groups is 1. The number of nitrogens with zero attached hydrogens (tertiary/aromatic N) is 2. The first-order valence-electron chi connectivity index (χ1n) is 13.5. The molecule has 4 aromatic rings. The number of hydrogen-bond donors (Lipinski definition) is 4. The number of rotatable bonds is 6. The maximum atomic E-state index is 11.8. The number of carbonyl (C=O) groups excluding carboxylic acids is 2. The third-order valence-corrected chi connectivity index (χ3v) is 7.55. The fourth-order valence-corrected chi connectivity index (χ4v) is 5.26. The fraction of sp³-hybridized carbons (Fsp3) is 0.258. The molecule has 0 aliphatic carbocycles. The van der Waals surface area contributed by atoms with Crippen LogP contribution in [0.3, 0.4) is 0 Å². The van der Waals surface area contributed by atoms with E-state index in [9.17, 15) is 14.7 Å². The Kier molecular flexibility index (Phi) is 9.13. The second kappa shape index (κ2) is 13.0. The van der Waals surface area contributed by atoms with E-state index in [2.05, 4.69) is 64.0 Å². The number of aliphatic hydroxyl groups is 1. The molecule has 3 heterocycles. The molecule has 6 rings (SSSR count). The summed E-state index contributed by atoms with van der Waals surface area (Å²) in [6.07, 6.45) is 2.12. The van der Waals surface area contributed by atoms with Crippen LogP contribution in [0.1, 0.15) is 22.3 Å². The number of benzene rings is 3. The van der Waals surface area contributed by atoms with Crippen LogP contribution in [0.25, 0.3) is 10.9 Å². The van der Waals surface area contributed by atoms with Gasteiger partial charge in [-0.2, -0.15) is 0 Å². The molecule has 0 radical (unpaired) electrons. The van der Waals surface area contributed by atoms with Gasteiger partial charge in [-0.15, -0.1) is 0 Å². The molecule has 1 saturated heterocycles. The Morgan fingerprint density at radius 2 is 1.86 bits per heavy atom. The number of halogens is 2. The number of fused-ring (bicyclic) bond motifs is 2. The highest BCUT2D eigenvalue weighted by molar-refractivity contribution is 6.37. The van der Waals surface area contributed by atoms with Gasteiger partial charge in [0.2, 0.25) is 6.23 Å². The van der Waals surface area contributed by atoms with E-state index in [1.807, 2.05) is 0 Å². The van der Waals surface area contributed by atoms with Crippen molar-refractivity contribution in [3.8, 4) is 0 Å². The summed E-state index contributed by atoms with van der Waals surface area (Å²) in [5.74, 6) is -0.597. The summed E-state index contributed by atoms with van der Waals surface area (Å²) in [7, 11) is 4.17. The van der Waals surface area contributed by atoms with Gasteiger partial charge in [0.05, 0.1) is 17.4 Å². The normalized spacial score (nSPS) is 17.9. The van der Waals surface area contributed by atoms with Crippen molar-refractivity contribution < 1.29 is 19.4 Å². The van der Waals surface area contributed by atoms with E-state index in [-0.39, 0.29) is 12.1 Å². The Hall–Kier alpha value is -3.89. The molecule has 1 aromatic heterocycles. The lowest BCUT2D eigenvalue weighted by molar-refractivity contribution is -0.123. The van der Waals surface area contributed by atoms with Crippen molar-refractivity contribution in [3.63, 3.8) is 0 Å². The van der Waals surface area contributed by atoms with Crippen LogP contribution < -0.4 is 10.6 Å². The number of alkyl carbamates (subject to hydrolysis) is 1. The van der Waals surface area contributed by atoms with Gasteiger partial charge in [-0.1, -0.05) is 47.5 Å². The number of carbonyl (C=O) groups is 2. The molecule has 2 amide bonds. The number of amides is 2. The lowest BCUT2D eigenvalue weighted by atomic mass is 10.0. The van der Waals surface area contributed by atoms with E-state index in [1.165, 1.54) is 22.0 Å². The summed E-state index contributed by atoms with van der Waals surface area (Å²) in [6.45, 7) is 1.49. The van der Waals surface area contributed by atoms with Crippen LogP contribution in [-0.2, 0) is 22.4 Å². The molecule has 4 N–H and O–H groups in total. The van der Waals surface area contributed by atoms with Gasteiger partial charge < -0.3 is 30.4 Å². The third kappa shape index (κ3) is 6.94. The smallest absolute Gasteiger partial charge is 0.407 e. The molecule has 9 nitrogen and oxygen atoms in total. The summed E-state index contributed by atoms with van der Waals surface area (Å²) < 4.78 is 4.94. The highest BCUT2D eigenvalue weighted by Crippen LogP contribution is 2.29. The molecule has 0 spiro atoms. The molecule has 0 bridgehead atoms. The molecule has 2 aliphatic heterocycles. The van der Waals surface area contributed by atoms with E-state index in [1.54, 1.807) is 42.5 Å². The highest BCUT2D eigenvalue weighted by atomic mass is 35.5. The highest BCUT2D eigenvalue weighted by Gasteiger charge is 2.25. The molecule has 218 valence electrons. The first-order valence-corrected chi connectivity index (χ1v) is 14.2. The van der Waals surface area contributed by atoms with Crippen LogP contribution in [0, 0.1) is 0 Å². The van der Waals surface area contributed by atoms with Crippen LogP contribution >= 0.6 is 23.2 Å². The van der Waals surface area contributed by atoms with E-state index < -0.39 is 12.1 Å². The van der Waals surface area contributed by atoms with Gasteiger partial charge >= 0.3 is 6.09 Å². The standard InChI is InChI=1S/C16H21N3O2.C15H10Cl2N2O2/c1-19(2)6-5-12-9-17-15-4-3-11(8-14(12)15)7-13-10-21-16(20)18-13;16-8-5-6-12-10(7-8)13(19-15(21)14(20)18-12)9-3-1-2-4-11(9)17/h3-4,8-9,13,17H,5-7,10H2,1-2H3,(H,18,20);1-7,15,21H,(H,18,20)/t13-;/m0./s1. The Morgan fingerprint density at radius 3 is 2.60 bits per heavy atom. The summed E-state index contributed by atoms with van der Waals surface area (Å²) in [5.41, 5.74) is 5.91. The number of cyclic esters (lactones) is 1. The molecule has 42 heavy (non-hydrogen) atoms. The third-order valence-electron chi connectivity index (χ3n) is 6.99. The second-order valence-corrected chi connectivity index (χ2v) is 11.2. The molecule has 2 aliphatic rings. The van der Waals surface area contributed by atoms with Gasteiger partial charge in [-0.25, -0.2) is 9.79 Å². The Labute approximate surface area is 253 Å². The monoisotopic (exact) mass is 607 g/mol. The van der Waals surface area contributed by atoms with Gasteiger partial charge in [-0.3, -0.25) is 4.79 Å². The molecular formula is C31H31Cl2N5O4. The van der Waals surface area contributed by atoms with Gasteiger partial charge in [-0.05, 0) is 74.5 Å². The molecule has 2 atom stereocenters. The quantitative estimate of drug-likeness (QED) is 0.245. The lowest BCUT2D eigenvalue weighted by Gasteiger charge is -2.11. The van der Waals surface area contributed by atoms with Gasteiger partial charge in [0.1, 0.15) is 6.61 Å². The zero-order valence-corrected chi connectivity index (χ0v) is 24.7. The molecule has 11 heteroatoms. The number of likely N-dealkylation sites (N-methyl/N-ethyl adjacent to an activating group) is 1. The first kappa shape index (κ1) is 29.6. The van der Waals surface area contributed by atoms with Gasteiger partial charge in [0, 0.05) is 44.8 Å². The molecule has 0 saturated carbocycles. The van der Waals surface area contributed by atoms with Crippen LogP contribution in [-0.4, -0.2) is 72.2 Å². The van der Waals surface area contributed by atoms with Crippen LogP contribution in [0.2, 0.25) is 10.0 Å². The van der Waals surface area contributed by atoms with Crippen molar-refractivity contribution in [3.05, 3.63) is 99.2 Å².